The Morgan fingerprint density at radius 1 is 1.20 bits per heavy atom. The molecule has 0 fully saturated rings. The highest BCUT2D eigenvalue weighted by molar-refractivity contribution is 6.33. The third kappa shape index (κ3) is 2.68. The van der Waals surface area contributed by atoms with Gasteiger partial charge in [-0.3, -0.25) is 4.79 Å². The molecule has 2 nitrogen and oxygen atoms in total. The molecule has 1 unspecified atom stereocenters. The van der Waals surface area contributed by atoms with E-state index in [9.17, 15) is 9.18 Å². The highest BCUT2D eigenvalue weighted by Crippen LogP contribution is 2.34. The van der Waals surface area contributed by atoms with Gasteiger partial charge in [-0.15, -0.1) is 0 Å². The molecule has 0 spiro atoms. The van der Waals surface area contributed by atoms with Crippen molar-refractivity contribution in [3.05, 3.63) is 64.4 Å². The van der Waals surface area contributed by atoms with Crippen LogP contribution in [0.5, 0.6) is 0 Å². The van der Waals surface area contributed by atoms with Crippen molar-refractivity contribution < 1.29 is 9.18 Å². The predicted octanol–water partition coefficient (Wildman–Crippen LogP) is 4.49. The van der Waals surface area contributed by atoms with Crippen molar-refractivity contribution in [3.63, 3.8) is 0 Å². The van der Waals surface area contributed by atoms with Crippen molar-refractivity contribution in [2.45, 2.75) is 13.0 Å². The fourth-order valence-corrected chi connectivity index (χ4v) is 2.53. The standard InChI is InChI=1S/C16H15ClFNO/c1-11(13-7-3-4-9-15(13)18)19(2)16-12(10-20)6-5-8-14(16)17/h3-11H,1-2H3. The van der Waals surface area contributed by atoms with E-state index in [0.717, 1.165) is 6.29 Å². The number of anilines is 1. The molecule has 0 saturated carbocycles. The van der Waals surface area contributed by atoms with Crippen LogP contribution in [0.15, 0.2) is 42.5 Å². The van der Waals surface area contributed by atoms with Gasteiger partial charge in [0.2, 0.25) is 0 Å². The zero-order valence-corrected chi connectivity index (χ0v) is 12.1. The lowest BCUT2D eigenvalue weighted by molar-refractivity contribution is 0.112. The van der Waals surface area contributed by atoms with Gasteiger partial charge in [-0.25, -0.2) is 4.39 Å². The normalized spacial score (nSPS) is 12.0. The summed E-state index contributed by atoms with van der Waals surface area (Å²) in [6.07, 6.45) is 0.756. The minimum atomic E-state index is -0.272. The minimum absolute atomic E-state index is 0.241. The van der Waals surface area contributed by atoms with E-state index < -0.39 is 0 Å². The smallest absolute Gasteiger partial charge is 0.152 e. The van der Waals surface area contributed by atoms with Gasteiger partial charge in [0.25, 0.3) is 0 Å². The summed E-state index contributed by atoms with van der Waals surface area (Å²) in [6, 6.07) is 11.5. The van der Waals surface area contributed by atoms with E-state index in [2.05, 4.69) is 0 Å². The number of hydrogen-bond acceptors (Lipinski definition) is 2. The van der Waals surface area contributed by atoms with Crippen LogP contribution >= 0.6 is 11.6 Å². The second kappa shape index (κ2) is 6.06. The Morgan fingerprint density at radius 3 is 2.55 bits per heavy atom. The number of halogens is 2. The van der Waals surface area contributed by atoms with Crippen molar-refractivity contribution in [1.29, 1.82) is 0 Å². The van der Waals surface area contributed by atoms with Gasteiger partial charge in [0.05, 0.1) is 16.8 Å². The van der Waals surface area contributed by atoms with E-state index in [1.54, 1.807) is 43.4 Å². The Balaban J connectivity index is 2.44. The molecule has 2 rings (SSSR count). The molecule has 0 N–H and O–H groups in total. The highest BCUT2D eigenvalue weighted by Gasteiger charge is 2.20. The van der Waals surface area contributed by atoms with Crippen LogP contribution in [0.1, 0.15) is 28.9 Å². The van der Waals surface area contributed by atoms with Crippen LogP contribution in [-0.4, -0.2) is 13.3 Å². The summed E-state index contributed by atoms with van der Waals surface area (Å²) in [4.78, 5) is 13.0. The van der Waals surface area contributed by atoms with Crippen LogP contribution in [0.2, 0.25) is 5.02 Å². The van der Waals surface area contributed by atoms with Crippen LogP contribution in [0, 0.1) is 5.82 Å². The molecule has 0 aliphatic heterocycles. The Morgan fingerprint density at radius 2 is 1.90 bits per heavy atom. The van der Waals surface area contributed by atoms with Gasteiger partial charge >= 0.3 is 0 Å². The molecular formula is C16H15ClFNO. The molecule has 0 amide bonds. The predicted molar refractivity (Wildman–Crippen MR) is 80.1 cm³/mol. The lowest BCUT2D eigenvalue weighted by Crippen LogP contribution is -2.24. The molecule has 0 bridgehead atoms. The van der Waals surface area contributed by atoms with Crippen LogP contribution in [0.4, 0.5) is 10.1 Å². The molecule has 2 aromatic rings. The number of benzene rings is 2. The number of rotatable bonds is 4. The van der Waals surface area contributed by atoms with E-state index in [1.165, 1.54) is 6.07 Å². The van der Waals surface area contributed by atoms with Crippen molar-refractivity contribution in [1.82, 2.24) is 0 Å². The molecule has 20 heavy (non-hydrogen) atoms. The Kier molecular flexibility index (Phi) is 4.40. The van der Waals surface area contributed by atoms with Crippen molar-refractivity contribution in [3.8, 4) is 0 Å². The first kappa shape index (κ1) is 14.5. The number of para-hydroxylation sites is 1. The monoisotopic (exact) mass is 291 g/mol. The van der Waals surface area contributed by atoms with E-state index in [1.807, 2.05) is 11.8 Å². The summed E-state index contributed by atoms with van der Waals surface area (Å²) in [5.74, 6) is -0.272. The molecule has 1 atom stereocenters. The lowest BCUT2D eigenvalue weighted by Gasteiger charge is -2.29. The fraction of sp³-hybridized carbons (Fsp3) is 0.188. The average Bonchev–Trinajstić information content (AvgIpc) is 2.46. The molecule has 0 aromatic heterocycles. The largest absolute Gasteiger partial charge is 0.366 e. The van der Waals surface area contributed by atoms with Gasteiger partial charge < -0.3 is 4.90 Å². The van der Waals surface area contributed by atoms with Crippen molar-refractivity contribution in [2.75, 3.05) is 11.9 Å². The molecular weight excluding hydrogens is 277 g/mol. The molecule has 0 heterocycles. The number of aldehydes is 1. The van der Waals surface area contributed by atoms with Gasteiger partial charge in [0, 0.05) is 18.2 Å². The van der Waals surface area contributed by atoms with Crippen molar-refractivity contribution in [2.24, 2.45) is 0 Å². The Bertz CT molecular complexity index is 630. The molecule has 0 aliphatic carbocycles. The fourth-order valence-electron chi connectivity index (χ4n) is 2.22. The molecule has 0 saturated heterocycles. The Labute approximate surface area is 122 Å². The number of hydrogen-bond donors (Lipinski definition) is 0. The first-order valence-corrected chi connectivity index (χ1v) is 6.65. The SMILES string of the molecule is CC(c1ccccc1F)N(C)c1c(Cl)cccc1C=O. The Hall–Kier alpha value is -1.87. The summed E-state index contributed by atoms with van der Waals surface area (Å²) in [5, 5.41) is 0.472. The van der Waals surface area contributed by atoms with E-state index in [-0.39, 0.29) is 11.9 Å². The van der Waals surface area contributed by atoms with Gasteiger partial charge in [-0.2, -0.15) is 0 Å². The number of carbonyl (C=O) groups excluding carboxylic acids is 1. The maximum absolute atomic E-state index is 13.9. The topological polar surface area (TPSA) is 20.3 Å². The quantitative estimate of drug-likeness (QED) is 0.774. The zero-order valence-electron chi connectivity index (χ0n) is 11.3. The maximum Gasteiger partial charge on any atom is 0.152 e. The summed E-state index contributed by atoms with van der Waals surface area (Å²) in [7, 11) is 1.80. The molecule has 4 heteroatoms. The van der Waals surface area contributed by atoms with E-state index in [4.69, 9.17) is 11.6 Å². The van der Waals surface area contributed by atoms with Gasteiger partial charge in [0.1, 0.15) is 5.82 Å². The van der Waals surface area contributed by atoms with Crippen molar-refractivity contribution >= 4 is 23.6 Å². The summed E-state index contributed by atoms with van der Waals surface area (Å²) in [6.45, 7) is 1.87. The third-order valence-corrected chi connectivity index (χ3v) is 3.74. The van der Waals surface area contributed by atoms with Crippen LogP contribution in [-0.2, 0) is 0 Å². The third-order valence-electron chi connectivity index (χ3n) is 3.43. The average molecular weight is 292 g/mol. The molecule has 0 aliphatic rings. The highest BCUT2D eigenvalue weighted by atomic mass is 35.5. The van der Waals surface area contributed by atoms with Gasteiger partial charge in [-0.05, 0) is 25.1 Å². The lowest BCUT2D eigenvalue weighted by atomic mass is 10.0. The summed E-state index contributed by atoms with van der Waals surface area (Å²) >= 11 is 6.18. The molecule has 0 radical (unpaired) electrons. The maximum atomic E-state index is 13.9. The van der Waals surface area contributed by atoms with Gasteiger partial charge in [-0.1, -0.05) is 35.9 Å². The summed E-state index contributed by atoms with van der Waals surface area (Å²) in [5.41, 5.74) is 1.66. The first-order chi connectivity index (χ1) is 9.56. The first-order valence-electron chi connectivity index (χ1n) is 6.27. The second-order valence-electron chi connectivity index (χ2n) is 4.60. The van der Waals surface area contributed by atoms with Crippen LogP contribution < -0.4 is 4.90 Å². The van der Waals surface area contributed by atoms with E-state index >= 15 is 0 Å². The number of nitrogens with zero attached hydrogens (tertiary/aromatic N) is 1. The second-order valence-corrected chi connectivity index (χ2v) is 5.01. The molecule has 104 valence electrons. The zero-order chi connectivity index (χ0) is 14.7. The van der Waals surface area contributed by atoms with Crippen LogP contribution in [0.3, 0.4) is 0 Å². The number of carbonyl (C=O) groups is 1. The minimum Gasteiger partial charge on any atom is -0.366 e. The van der Waals surface area contributed by atoms with Crippen LogP contribution in [0.25, 0.3) is 0 Å². The molecule has 2 aromatic carbocycles. The van der Waals surface area contributed by atoms with Gasteiger partial charge in [0.15, 0.2) is 6.29 Å². The summed E-state index contributed by atoms with van der Waals surface area (Å²) < 4.78 is 13.9. The van der Waals surface area contributed by atoms with E-state index in [0.29, 0.717) is 21.8 Å².